The zero-order valence-corrected chi connectivity index (χ0v) is 15.4. The van der Waals surface area contributed by atoms with Crippen LogP contribution in [-0.4, -0.2) is 78.9 Å². The van der Waals surface area contributed by atoms with Gasteiger partial charge < -0.3 is 26.1 Å². The third-order valence-electron chi connectivity index (χ3n) is 3.78. The Kier molecular flexibility index (Phi) is 5.29. The zero-order chi connectivity index (χ0) is 19.7. The van der Waals surface area contributed by atoms with Gasteiger partial charge in [0.1, 0.15) is 24.2 Å². The van der Waals surface area contributed by atoms with Crippen molar-refractivity contribution in [3.63, 3.8) is 0 Å². The van der Waals surface area contributed by atoms with E-state index in [-0.39, 0.29) is 33.7 Å². The fourth-order valence-electron chi connectivity index (χ4n) is 2.62. The molecule has 5 N–H and O–H groups in total. The van der Waals surface area contributed by atoms with E-state index in [1.165, 1.54) is 18.9 Å². The molecular formula is C13H14N6O6S2. The summed E-state index contributed by atoms with van der Waals surface area (Å²) in [5, 5.41) is 24.2. The van der Waals surface area contributed by atoms with E-state index < -0.39 is 35.8 Å². The minimum atomic E-state index is -1.31. The quantitative estimate of drug-likeness (QED) is 0.236. The van der Waals surface area contributed by atoms with Gasteiger partial charge in [0.15, 0.2) is 5.13 Å². The van der Waals surface area contributed by atoms with E-state index in [1.807, 2.05) is 0 Å². The van der Waals surface area contributed by atoms with Gasteiger partial charge in [0.2, 0.25) is 11.5 Å². The van der Waals surface area contributed by atoms with Gasteiger partial charge in [-0.2, -0.15) is 9.36 Å². The zero-order valence-electron chi connectivity index (χ0n) is 13.8. The summed E-state index contributed by atoms with van der Waals surface area (Å²) in [5.74, 6) is -2.51. The Morgan fingerprint density at radius 3 is 2.81 bits per heavy atom. The number of aliphatic hydroxyl groups excluding tert-OH is 1. The number of oxime groups is 1. The maximum atomic E-state index is 12.5. The first-order valence-corrected chi connectivity index (χ1v) is 9.23. The average Bonchev–Trinajstić information content (AvgIpc) is 3.08. The average molecular weight is 414 g/mol. The molecule has 12 nitrogen and oxygen atoms in total. The highest BCUT2D eigenvalue weighted by Crippen LogP contribution is 2.40. The molecule has 27 heavy (non-hydrogen) atoms. The maximum Gasteiger partial charge on any atom is 0.352 e. The Hall–Kier alpha value is -2.71. The van der Waals surface area contributed by atoms with E-state index in [1.54, 1.807) is 0 Å². The van der Waals surface area contributed by atoms with Crippen LogP contribution in [0.15, 0.2) is 16.4 Å². The van der Waals surface area contributed by atoms with E-state index in [0.717, 1.165) is 16.4 Å². The van der Waals surface area contributed by atoms with Gasteiger partial charge in [0.25, 0.3) is 11.8 Å². The van der Waals surface area contributed by atoms with Crippen LogP contribution in [0.2, 0.25) is 0 Å². The van der Waals surface area contributed by atoms with Crippen molar-refractivity contribution < 1.29 is 29.4 Å². The highest BCUT2D eigenvalue weighted by atomic mass is 32.2. The molecule has 2 aliphatic heterocycles. The van der Waals surface area contributed by atoms with Gasteiger partial charge in [-0.05, 0) is 5.57 Å². The summed E-state index contributed by atoms with van der Waals surface area (Å²) in [6, 6.07) is -0.963. The molecule has 1 aromatic heterocycles. The smallest absolute Gasteiger partial charge is 0.352 e. The molecule has 1 saturated heterocycles. The van der Waals surface area contributed by atoms with Gasteiger partial charge in [-0.3, -0.25) is 14.5 Å². The summed E-state index contributed by atoms with van der Waals surface area (Å²) in [5.41, 5.74) is 5.23. The van der Waals surface area contributed by atoms with Crippen molar-refractivity contribution in [2.75, 3.05) is 25.2 Å². The normalized spacial score (nSPS) is 22.2. The highest BCUT2D eigenvalue weighted by Gasteiger charge is 2.54. The van der Waals surface area contributed by atoms with Crippen LogP contribution in [0.3, 0.4) is 0 Å². The second-order valence-electron chi connectivity index (χ2n) is 5.36. The number of rotatable bonds is 6. The molecule has 0 unspecified atom stereocenters. The Morgan fingerprint density at radius 1 is 1.52 bits per heavy atom. The molecule has 0 bridgehead atoms. The van der Waals surface area contributed by atoms with Crippen molar-refractivity contribution in [3.05, 3.63) is 17.1 Å². The minimum Gasteiger partial charge on any atom is -0.477 e. The number of nitrogens with two attached hydrogens (primary N) is 1. The molecule has 0 aromatic carbocycles. The van der Waals surface area contributed by atoms with E-state index in [0.29, 0.717) is 0 Å². The SMILES string of the molecule is CO/N=C(/C(=O)N[C@@H]1C(=O)N2C(C(=O)O)=C(CO)CS[C@H]12)c1nsc(N)n1. The van der Waals surface area contributed by atoms with Crippen LogP contribution in [-0.2, 0) is 19.2 Å². The first kappa shape index (κ1) is 19.1. The van der Waals surface area contributed by atoms with Crippen molar-refractivity contribution in [2.24, 2.45) is 5.16 Å². The van der Waals surface area contributed by atoms with E-state index >= 15 is 0 Å². The number of thioether (sulfide) groups is 1. The summed E-state index contributed by atoms with van der Waals surface area (Å²) < 4.78 is 3.88. The number of nitrogens with one attached hydrogen (secondary N) is 1. The molecule has 0 radical (unpaired) electrons. The third-order valence-corrected chi connectivity index (χ3v) is 5.66. The van der Waals surface area contributed by atoms with Gasteiger partial charge >= 0.3 is 5.97 Å². The number of nitrogens with zero attached hydrogens (tertiary/aromatic N) is 4. The van der Waals surface area contributed by atoms with Crippen LogP contribution in [0, 0.1) is 0 Å². The van der Waals surface area contributed by atoms with E-state index in [4.69, 9.17) is 5.73 Å². The number of hydrogen-bond donors (Lipinski definition) is 4. The standard InChI is InChI=1S/C13H14N6O6S2/c1-25-17-5(8-16-13(14)27-18-8)9(21)15-6-10(22)19-7(12(23)24)4(2-20)3-26-11(6)19/h6,11,20H,2-3H2,1H3,(H,15,21)(H,23,24)(H2,14,16,18)/b17-5+/t6-,11-/m1/s1. The van der Waals surface area contributed by atoms with Gasteiger partial charge in [-0.25, -0.2) is 4.79 Å². The maximum absolute atomic E-state index is 12.5. The summed E-state index contributed by atoms with van der Waals surface area (Å²) in [6.07, 6.45) is 0. The first-order valence-electron chi connectivity index (χ1n) is 7.41. The van der Waals surface area contributed by atoms with E-state index in [2.05, 4.69) is 24.7 Å². The molecule has 2 aliphatic rings. The largest absolute Gasteiger partial charge is 0.477 e. The Morgan fingerprint density at radius 2 is 2.26 bits per heavy atom. The second-order valence-corrected chi connectivity index (χ2v) is 7.24. The van der Waals surface area contributed by atoms with Crippen LogP contribution in [0.5, 0.6) is 0 Å². The minimum absolute atomic E-state index is 0.0505. The predicted molar refractivity (Wildman–Crippen MR) is 94.6 cm³/mol. The van der Waals surface area contributed by atoms with Crippen LogP contribution in [0.1, 0.15) is 5.82 Å². The van der Waals surface area contributed by atoms with Gasteiger partial charge in [0.05, 0.1) is 6.61 Å². The van der Waals surface area contributed by atoms with Crippen molar-refractivity contribution in [1.29, 1.82) is 0 Å². The number of aliphatic carboxylic acids is 1. The summed E-state index contributed by atoms with van der Waals surface area (Å²) in [6.45, 7) is -0.469. The van der Waals surface area contributed by atoms with Crippen LogP contribution in [0.25, 0.3) is 0 Å². The fourth-order valence-corrected chi connectivity index (χ4v) is 4.39. The number of fused-ring (bicyclic) bond motifs is 1. The topological polar surface area (TPSA) is 180 Å². The van der Waals surface area contributed by atoms with E-state index in [9.17, 15) is 24.6 Å². The van der Waals surface area contributed by atoms with Gasteiger partial charge in [0, 0.05) is 17.3 Å². The van der Waals surface area contributed by atoms with Crippen LogP contribution < -0.4 is 11.1 Å². The van der Waals surface area contributed by atoms with Crippen molar-refractivity contribution >= 4 is 51.9 Å². The molecule has 3 heterocycles. The molecule has 1 aromatic rings. The third kappa shape index (κ3) is 3.33. The summed E-state index contributed by atoms with van der Waals surface area (Å²) >= 11 is 2.10. The lowest BCUT2D eigenvalue weighted by atomic mass is 10.0. The number of nitrogen functional groups attached to an aromatic ring is 1. The lowest BCUT2D eigenvalue weighted by molar-refractivity contribution is -0.150. The van der Waals surface area contributed by atoms with Gasteiger partial charge in [-0.1, -0.05) is 5.16 Å². The Bertz CT molecular complexity index is 867. The number of β-lactam (4-membered cyclic amide) rings is 1. The molecular weight excluding hydrogens is 400 g/mol. The molecule has 3 rings (SSSR count). The summed E-state index contributed by atoms with van der Waals surface area (Å²) in [7, 11) is 1.23. The Labute approximate surface area is 160 Å². The van der Waals surface area contributed by atoms with Crippen LogP contribution in [0.4, 0.5) is 5.13 Å². The molecule has 2 atom stereocenters. The number of hydrogen-bond acceptors (Lipinski definition) is 11. The number of aliphatic hydroxyl groups is 1. The number of amides is 2. The molecule has 0 aliphatic carbocycles. The Balaban J connectivity index is 1.79. The molecule has 14 heteroatoms. The van der Waals surface area contributed by atoms with Gasteiger partial charge in [-0.15, -0.1) is 11.8 Å². The molecule has 0 saturated carbocycles. The number of anilines is 1. The number of carboxylic acid groups (broad SMARTS) is 1. The molecule has 2 amide bonds. The van der Waals surface area contributed by atoms with Crippen molar-refractivity contribution in [3.8, 4) is 0 Å². The fraction of sp³-hybridized carbons (Fsp3) is 0.385. The highest BCUT2D eigenvalue weighted by molar-refractivity contribution is 8.00. The van der Waals surface area contributed by atoms with Crippen LogP contribution >= 0.6 is 23.3 Å². The number of aromatic nitrogens is 2. The van der Waals surface area contributed by atoms with Crippen molar-refractivity contribution in [1.82, 2.24) is 19.6 Å². The lowest BCUT2D eigenvalue weighted by Crippen LogP contribution is -2.71. The molecule has 144 valence electrons. The lowest BCUT2D eigenvalue weighted by Gasteiger charge is -2.49. The number of carbonyl (C=O) groups is 3. The van der Waals surface area contributed by atoms with Crippen molar-refractivity contribution in [2.45, 2.75) is 11.4 Å². The monoisotopic (exact) mass is 414 g/mol. The molecule has 0 spiro atoms. The second kappa shape index (κ2) is 7.50. The predicted octanol–water partition coefficient (Wildman–Crippen LogP) is -1.80. The number of carboxylic acids is 1. The summed E-state index contributed by atoms with van der Waals surface area (Å²) in [4.78, 5) is 45.9. The first-order chi connectivity index (χ1) is 12.9. The molecule has 1 fully saturated rings. The number of carbonyl (C=O) groups excluding carboxylic acids is 2.